The highest BCUT2D eigenvalue weighted by Gasteiger charge is 2.46. The lowest BCUT2D eigenvalue weighted by Gasteiger charge is -2.41. The molecule has 0 radical (unpaired) electrons. The van der Waals surface area contributed by atoms with Crippen LogP contribution in [-0.4, -0.2) is 78.5 Å². The monoisotopic (exact) mass is 832 g/mol. The minimum atomic E-state index is -1.46. The Morgan fingerprint density at radius 1 is 0.672 bits per heavy atom. The van der Waals surface area contributed by atoms with E-state index in [4.69, 9.17) is 18.9 Å². The molecule has 1 fully saturated rings. The fourth-order valence-electron chi connectivity index (χ4n) is 7.72. The van der Waals surface area contributed by atoms with Gasteiger partial charge in [-0.05, 0) is 79.8 Å². The van der Waals surface area contributed by atoms with E-state index in [-0.39, 0.29) is 57.6 Å². The van der Waals surface area contributed by atoms with Crippen LogP contribution in [0.2, 0.25) is 0 Å². The summed E-state index contributed by atoms with van der Waals surface area (Å²) in [5, 5.41) is 8.39. The maximum atomic E-state index is 14.3. The Bertz CT molecular complexity index is 2070. The van der Waals surface area contributed by atoms with Gasteiger partial charge >= 0.3 is 24.2 Å². The van der Waals surface area contributed by atoms with Crippen LogP contribution in [0.4, 0.5) is 14.4 Å². The van der Waals surface area contributed by atoms with Crippen molar-refractivity contribution in [2.45, 2.75) is 95.6 Å². The highest BCUT2D eigenvalue weighted by Crippen LogP contribution is 2.44. The summed E-state index contributed by atoms with van der Waals surface area (Å²) in [6, 6.07) is 33.6. The largest absolute Gasteiger partial charge is 0.459 e. The summed E-state index contributed by atoms with van der Waals surface area (Å²) in [5.41, 5.74) is 3.84. The Morgan fingerprint density at radius 2 is 1.23 bits per heavy atom. The second-order valence-electron chi connectivity index (χ2n) is 16.5. The molecular formula is C48H56N4O9. The smallest absolute Gasteiger partial charge is 0.408 e. The first-order valence-electron chi connectivity index (χ1n) is 21.0. The number of likely N-dealkylation sites (tertiary alicyclic amines) is 1. The second kappa shape index (κ2) is 20.7. The van der Waals surface area contributed by atoms with Gasteiger partial charge in [-0.3, -0.25) is 4.79 Å². The zero-order valence-electron chi connectivity index (χ0n) is 35.2. The van der Waals surface area contributed by atoms with Crippen molar-refractivity contribution in [2.75, 3.05) is 26.2 Å². The molecule has 2 aliphatic rings. The molecule has 1 aliphatic heterocycles. The van der Waals surface area contributed by atoms with E-state index in [1.165, 1.54) is 0 Å². The number of hydrogen-bond donors (Lipinski definition) is 3. The van der Waals surface area contributed by atoms with Crippen molar-refractivity contribution in [3.63, 3.8) is 0 Å². The first kappa shape index (κ1) is 44.2. The Kier molecular flexibility index (Phi) is 15.0. The predicted octanol–water partition coefficient (Wildman–Crippen LogP) is 8.01. The zero-order valence-corrected chi connectivity index (χ0v) is 35.2. The van der Waals surface area contributed by atoms with Crippen LogP contribution in [0.5, 0.6) is 0 Å². The summed E-state index contributed by atoms with van der Waals surface area (Å²) in [6.07, 6.45) is 0.283. The third-order valence-electron chi connectivity index (χ3n) is 10.9. The number of benzene rings is 4. The van der Waals surface area contributed by atoms with Gasteiger partial charge in [-0.25, -0.2) is 19.2 Å². The minimum absolute atomic E-state index is 0.00420. The van der Waals surface area contributed by atoms with Crippen LogP contribution in [0.15, 0.2) is 109 Å². The Hall–Kier alpha value is -6.37. The van der Waals surface area contributed by atoms with Crippen molar-refractivity contribution >= 4 is 30.2 Å². The third-order valence-corrected chi connectivity index (χ3v) is 10.9. The number of piperidine rings is 1. The molecule has 61 heavy (non-hydrogen) atoms. The second-order valence-corrected chi connectivity index (χ2v) is 16.5. The Labute approximate surface area is 357 Å². The molecule has 13 heteroatoms. The summed E-state index contributed by atoms with van der Waals surface area (Å²) < 4.78 is 22.4. The van der Waals surface area contributed by atoms with Crippen molar-refractivity contribution in [1.82, 2.24) is 20.9 Å². The van der Waals surface area contributed by atoms with E-state index in [1.807, 2.05) is 97.1 Å². The maximum Gasteiger partial charge on any atom is 0.408 e. The molecule has 0 spiro atoms. The average molecular weight is 833 g/mol. The van der Waals surface area contributed by atoms with E-state index in [0.29, 0.717) is 32.2 Å². The Morgan fingerprint density at radius 3 is 1.82 bits per heavy atom. The molecule has 322 valence electrons. The van der Waals surface area contributed by atoms with Gasteiger partial charge < -0.3 is 39.8 Å². The molecule has 0 bridgehead atoms. The van der Waals surface area contributed by atoms with Gasteiger partial charge in [0.15, 0.2) is 0 Å². The summed E-state index contributed by atoms with van der Waals surface area (Å²) in [6.45, 7) is 6.07. The van der Waals surface area contributed by atoms with Crippen LogP contribution in [-0.2, 0) is 41.8 Å². The SMILES string of the molecule is CC(C)(C)OC(=O)NCCCCC[C@@H](NC(=O)OCC1c2ccccc2-c2ccccc21)C(=O)N1CCC(NC(=O)OCc2ccccc2)(C(=O)OCc2ccccc2)CC1. The van der Waals surface area contributed by atoms with Gasteiger partial charge in [0.2, 0.25) is 5.91 Å². The number of alkyl carbamates (subject to hydrolysis) is 3. The first-order valence-corrected chi connectivity index (χ1v) is 21.0. The lowest BCUT2D eigenvalue weighted by molar-refractivity contribution is -0.156. The number of amides is 4. The van der Waals surface area contributed by atoms with Gasteiger partial charge in [0.25, 0.3) is 0 Å². The minimum Gasteiger partial charge on any atom is -0.459 e. The third kappa shape index (κ3) is 12.3. The van der Waals surface area contributed by atoms with Crippen LogP contribution in [0.1, 0.15) is 87.5 Å². The van der Waals surface area contributed by atoms with Crippen molar-refractivity contribution in [2.24, 2.45) is 0 Å². The number of fused-ring (bicyclic) bond motifs is 3. The molecule has 6 rings (SSSR count). The van der Waals surface area contributed by atoms with Gasteiger partial charge in [-0.15, -0.1) is 0 Å². The van der Waals surface area contributed by atoms with Gasteiger partial charge in [-0.1, -0.05) is 122 Å². The summed E-state index contributed by atoms with van der Waals surface area (Å²) in [5.74, 6) is -1.12. The molecule has 1 heterocycles. The van der Waals surface area contributed by atoms with E-state index in [0.717, 1.165) is 33.4 Å². The lowest BCUT2D eigenvalue weighted by Crippen LogP contribution is -2.62. The van der Waals surface area contributed by atoms with Crippen LogP contribution in [0, 0.1) is 0 Å². The van der Waals surface area contributed by atoms with Gasteiger partial charge in [0.05, 0.1) is 0 Å². The van der Waals surface area contributed by atoms with Crippen molar-refractivity contribution in [1.29, 1.82) is 0 Å². The molecule has 1 saturated heterocycles. The highest BCUT2D eigenvalue weighted by atomic mass is 16.6. The van der Waals surface area contributed by atoms with Crippen molar-refractivity contribution in [3.05, 3.63) is 131 Å². The number of carbonyl (C=O) groups excluding carboxylic acids is 5. The van der Waals surface area contributed by atoms with Crippen LogP contribution in [0.3, 0.4) is 0 Å². The van der Waals surface area contributed by atoms with E-state index in [1.54, 1.807) is 25.7 Å². The number of rotatable bonds is 16. The van der Waals surface area contributed by atoms with E-state index in [2.05, 4.69) is 28.1 Å². The van der Waals surface area contributed by atoms with Crippen molar-refractivity contribution < 1.29 is 42.9 Å². The maximum absolute atomic E-state index is 14.3. The summed E-state index contributed by atoms with van der Waals surface area (Å²) in [7, 11) is 0. The standard InChI is InChI=1S/C48H56N4O9/c1-47(2,3)61-44(55)49-28-16-6-11-25-41(50-45(56)60-33-40-38-23-14-12-21-36(38)37-22-13-15-24-39(37)40)42(53)52-29-26-48(27-30-52,43(54)58-31-34-17-7-4-8-18-34)51-46(57)59-32-35-19-9-5-10-20-35/h4-5,7-10,12-15,17-24,40-41H,6,11,16,25-33H2,1-3H3,(H,49,55)(H,50,56)(H,51,57)/t41-/m1/s1. The zero-order chi connectivity index (χ0) is 43.2. The van der Waals surface area contributed by atoms with Crippen LogP contribution < -0.4 is 16.0 Å². The van der Waals surface area contributed by atoms with Gasteiger partial charge in [-0.2, -0.15) is 0 Å². The van der Waals surface area contributed by atoms with Crippen LogP contribution in [0.25, 0.3) is 11.1 Å². The lowest BCUT2D eigenvalue weighted by atomic mass is 9.87. The predicted molar refractivity (Wildman–Crippen MR) is 229 cm³/mol. The number of esters is 1. The molecule has 4 aromatic carbocycles. The molecule has 4 amide bonds. The number of hydrogen-bond acceptors (Lipinski definition) is 9. The molecule has 0 saturated carbocycles. The molecule has 1 atom stereocenters. The fourth-order valence-corrected chi connectivity index (χ4v) is 7.72. The highest BCUT2D eigenvalue weighted by molar-refractivity contribution is 5.88. The summed E-state index contributed by atoms with van der Waals surface area (Å²) >= 11 is 0. The van der Waals surface area contributed by atoms with E-state index >= 15 is 0 Å². The number of nitrogens with one attached hydrogen (secondary N) is 3. The number of nitrogens with zero attached hydrogens (tertiary/aromatic N) is 1. The molecule has 3 N–H and O–H groups in total. The number of unbranched alkanes of at least 4 members (excludes halogenated alkanes) is 2. The number of carbonyl (C=O) groups is 5. The molecule has 1 aliphatic carbocycles. The van der Waals surface area contributed by atoms with Crippen LogP contribution >= 0.6 is 0 Å². The van der Waals surface area contributed by atoms with Gasteiger partial charge in [0, 0.05) is 25.6 Å². The summed E-state index contributed by atoms with van der Waals surface area (Å²) in [4.78, 5) is 68.5. The Balaban J connectivity index is 1.10. The average Bonchev–Trinajstić information content (AvgIpc) is 3.58. The van der Waals surface area contributed by atoms with Gasteiger partial charge in [0.1, 0.15) is 37.0 Å². The first-order chi connectivity index (χ1) is 29.4. The normalized spacial score (nSPS) is 14.7. The number of ether oxygens (including phenoxy) is 4. The fraction of sp³-hybridized carbons (Fsp3) is 0.396. The molecule has 0 aromatic heterocycles. The quantitative estimate of drug-likeness (QED) is 0.0577. The topological polar surface area (TPSA) is 162 Å². The molecule has 4 aromatic rings. The van der Waals surface area contributed by atoms with Crippen molar-refractivity contribution in [3.8, 4) is 11.1 Å². The van der Waals surface area contributed by atoms with E-state index < -0.39 is 41.4 Å². The molecule has 0 unspecified atom stereocenters. The molecule has 13 nitrogen and oxygen atoms in total. The molecular weight excluding hydrogens is 777 g/mol. The van der Waals surface area contributed by atoms with E-state index in [9.17, 15) is 24.0 Å².